The van der Waals surface area contributed by atoms with Crippen molar-refractivity contribution in [3.8, 4) is 11.8 Å². The molecule has 1 aromatic rings. The summed E-state index contributed by atoms with van der Waals surface area (Å²) in [7, 11) is 1.20. The molecule has 0 spiro atoms. The highest BCUT2D eigenvalue weighted by Gasteiger charge is 2.11. The summed E-state index contributed by atoms with van der Waals surface area (Å²) in [5, 5.41) is 10.6. The quantitative estimate of drug-likeness (QED) is 0.324. The highest BCUT2D eigenvalue weighted by Crippen LogP contribution is 2.24. The van der Waals surface area contributed by atoms with Gasteiger partial charge >= 0.3 is 5.97 Å². The Kier molecular flexibility index (Phi) is 3.86. The van der Waals surface area contributed by atoms with Crippen LogP contribution in [0.3, 0.4) is 0 Å². The number of carbonyl (C=O) groups excluding carboxylic acids is 1. The number of hydrogen-bond donors (Lipinski definition) is 0. The van der Waals surface area contributed by atoms with Crippen LogP contribution in [0, 0.1) is 22.0 Å². The van der Waals surface area contributed by atoms with E-state index in [1.807, 2.05) is 0 Å². The van der Waals surface area contributed by atoms with Gasteiger partial charge in [0.1, 0.15) is 5.02 Å². The molecule has 0 fully saturated rings. The second kappa shape index (κ2) is 5.14. The number of rotatable bonds is 1. The average Bonchev–Trinajstić information content (AvgIpc) is 2.27. The molecule has 0 aromatic heterocycles. The number of benzene rings is 1. The SMILES string of the molecule is COC(=O)C#Cc1ccc(Cl)c([N+](=O)[O-])c1. The Hall–Kier alpha value is -2.06. The Morgan fingerprint density at radius 3 is 2.81 bits per heavy atom. The maximum atomic E-state index is 10.7. The van der Waals surface area contributed by atoms with Gasteiger partial charge in [-0.2, -0.15) is 0 Å². The molecular weight excluding hydrogens is 234 g/mol. The van der Waals surface area contributed by atoms with E-state index in [1.165, 1.54) is 25.3 Å². The van der Waals surface area contributed by atoms with Crippen LogP contribution < -0.4 is 0 Å². The summed E-state index contributed by atoms with van der Waals surface area (Å²) in [6, 6.07) is 4.02. The Bertz CT molecular complexity index is 501. The fourth-order valence-corrected chi connectivity index (χ4v) is 1.09. The number of esters is 1. The second-order valence-corrected chi connectivity index (χ2v) is 3.07. The van der Waals surface area contributed by atoms with Crippen molar-refractivity contribution in [1.82, 2.24) is 0 Å². The summed E-state index contributed by atoms with van der Waals surface area (Å²) in [5.74, 6) is 3.88. The molecule has 0 aliphatic heterocycles. The van der Waals surface area contributed by atoms with Crippen LogP contribution in [0.4, 0.5) is 5.69 Å². The smallest absolute Gasteiger partial charge is 0.384 e. The van der Waals surface area contributed by atoms with Gasteiger partial charge in [-0.3, -0.25) is 10.1 Å². The molecule has 0 unspecified atom stereocenters. The van der Waals surface area contributed by atoms with Gasteiger partial charge in [-0.1, -0.05) is 17.5 Å². The van der Waals surface area contributed by atoms with Gasteiger partial charge in [0.15, 0.2) is 0 Å². The van der Waals surface area contributed by atoms with Gasteiger partial charge in [-0.15, -0.1) is 0 Å². The summed E-state index contributed by atoms with van der Waals surface area (Å²) in [4.78, 5) is 20.6. The van der Waals surface area contributed by atoms with Crippen molar-refractivity contribution in [3.63, 3.8) is 0 Å². The minimum absolute atomic E-state index is 0.0219. The molecule has 1 rings (SSSR count). The van der Waals surface area contributed by atoms with Crippen molar-refractivity contribution in [2.45, 2.75) is 0 Å². The maximum Gasteiger partial charge on any atom is 0.384 e. The third-order valence-electron chi connectivity index (χ3n) is 1.64. The van der Waals surface area contributed by atoms with E-state index in [0.29, 0.717) is 5.56 Å². The molecule has 0 bridgehead atoms. The van der Waals surface area contributed by atoms with Gasteiger partial charge in [0.25, 0.3) is 5.69 Å². The van der Waals surface area contributed by atoms with Gasteiger partial charge in [0.05, 0.1) is 12.0 Å². The van der Waals surface area contributed by atoms with Crippen LogP contribution in [-0.4, -0.2) is 18.0 Å². The lowest BCUT2D eigenvalue weighted by atomic mass is 10.2. The van der Waals surface area contributed by atoms with Crippen molar-refractivity contribution in [2.24, 2.45) is 0 Å². The molecule has 0 atom stereocenters. The lowest BCUT2D eigenvalue weighted by molar-refractivity contribution is -0.384. The molecule has 0 amide bonds. The Morgan fingerprint density at radius 1 is 1.56 bits per heavy atom. The molecule has 0 aliphatic rings. The third-order valence-corrected chi connectivity index (χ3v) is 1.96. The van der Waals surface area contributed by atoms with Gasteiger partial charge in [0.2, 0.25) is 0 Å². The highest BCUT2D eigenvalue weighted by atomic mass is 35.5. The fraction of sp³-hybridized carbons (Fsp3) is 0.100. The van der Waals surface area contributed by atoms with Crippen LogP contribution in [0.1, 0.15) is 5.56 Å². The molecular formula is C10H6ClNO4. The lowest BCUT2D eigenvalue weighted by Crippen LogP contribution is -1.95. The van der Waals surface area contributed by atoms with Crippen LogP contribution in [0.5, 0.6) is 0 Å². The Balaban J connectivity index is 3.07. The summed E-state index contributed by atoms with van der Waals surface area (Å²) < 4.78 is 4.30. The van der Waals surface area contributed by atoms with Crippen LogP contribution in [0.25, 0.3) is 0 Å². The van der Waals surface area contributed by atoms with Crippen molar-refractivity contribution in [3.05, 3.63) is 38.9 Å². The lowest BCUT2D eigenvalue weighted by Gasteiger charge is -1.95. The van der Waals surface area contributed by atoms with Crippen molar-refractivity contribution in [1.29, 1.82) is 0 Å². The van der Waals surface area contributed by atoms with Gasteiger partial charge in [-0.05, 0) is 12.1 Å². The third kappa shape index (κ3) is 2.97. The summed E-state index contributed by atoms with van der Waals surface area (Å²) in [6.07, 6.45) is 0. The first-order valence-corrected chi connectivity index (χ1v) is 4.46. The van der Waals surface area contributed by atoms with E-state index in [-0.39, 0.29) is 10.7 Å². The number of nitro benzene ring substituents is 1. The molecule has 0 heterocycles. The van der Waals surface area contributed by atoms with E-state index >= 15 is 0 Å². The van der Waals surface area contributed by atoms with Crippen LogP contribution in [0.15, 0.2) is 18.2 Å². The molecule has 0 saturated carbocycles. The Labute approximate surface area is 96.1 Å². The predicted octanol–water partition coefficient (Wildman–Crippen LogP) is 1.77. The molecule has 16 heavy (non-hydrogen) atoms. The first kappa shape index (κ1) is 12.0. The normalized spacial score (nSPS) is 8.88. The molecule has 82 valence electrons. The van der Waals surface area contributed by atoms with Crippen molar-refractivity contribution in [2.75, 3.05) is 7.11 Å². The first-order chi connectivity index (χ1) is 7.54. The number of nitrogens with zero attached hydrogens (tertiary/aromatic N) is 1. The van der Waals surface area contributed by atoms with Gasteiger partial charge < -0.3 is 4.74 Å². The Morgan fingerprint density at radius 2 is 2.25 bits per heavy atom. The number of carbonyl (C=O) groups is 1. The molecule has 5 nitrogen and oxygen atoms in total. The number of nitro groups is 1. The van der Waals surface area contributed by atoms with E-state index in [0.717, 1.165) is 0 Å². The highest BCUT2D eigenvalue weighted by molar-refractivity contribution is 6.32. The summed E-state index contributed by atoms with van der Waals surface area (Å²) in [5.41, 5.74) is 0.0693. The zero-order valence-electron chi connectivity index (χ0n) is 8.19. The van der Waals surface area contributed by atoms with Crippen LogP contribution in [0.2, 0.25) is 5.02 Å². The minimum Gasteiger partial charge on any atom is -0.459 e. The molecule has 1 aromatic carbocycles. The van der Waals surface area contributed by atoms with Gasteiger partial charge in [0, 0.05) is 17.6 Å². The number of methoxy groups -OCH3 is 1. The predicted molar refractivity (Wildman–Crippen MR) is 57.0 cm³/mol. The van der Waals surface area contributed by atoms with Gasteiger partial charge in [-0.25, -0.2) is 4.79 Å². The largest absolute Gasteiger partial charge is 0.459 e. The first-order valence-electron chi connectivity index (χ1n) is 4.08. The monoisotopic (exact) mass is 239 g/mol. The maximum absolute atomic E-state index is 10.7. The minimum atomic E-state index is -0.711. The summed E-state index contributed by atoms with van der Waals surface area (Å²) >= 11 is 5.60. The van der Waals surface area contributed by atoms with E-state index in [9.17, 15) is 14.9 Å². The number of hydrogen-bond acceptors (Lipinski definition) is 4. The average molecular weight is 240 g/mol. The second-order valence-electron chi connectivity index (χ2n) is 2.66. The van der Waals surface area contributed by atoms with E-state index in [1.54, 1.807) is 0 Å². The zero-order valence-corrected chi connectivity index (χ0v) is 8.95. The van der Waals surface area contributed by atoms with Crippen LogP contribution >= 0.6 is 11.6 Å². The summed E-state index contributed by atoms with van der Waals surface area (Å²) in [6.45, 7) is 0. The topological polar surface area (TPSA) is 69.4 Å². The van der Waals surface area contributed by atoms with E-state index in [2.05, 4.69) is 16.6 Å². The molecule has 0 radical (unpaired) electrons. The van der Waals surface area contributed by atoms with E-state index in [4.69, 9.17) is 11.6 Å². The van der Waals surface area contributed by atoms with E-state index < -0.39 is 10.9 Å². The number of halogens is 1. The molecule has 0 saturated heterocycles. The van der Waals surface area contributed by atoms with Crippen LogP contribution in [-0.2, 0) is 9.53 Å². The molecule has 0 aliphatic carbocycles. The fourth-order valence-electron chi connectivity index (χ4n) is 0.905. The number of ether oxygens (including phenoxy) is 1. The van der Waals surface area contributed by atoms with Crippen molar-refractivity contribution >= 4 is 23.3 Å². The molecule has 6 heteroatoms. The molecule has 0 N–H and O–H groups in total. The standard InChI is InChI=1S/C10H6ClNO4/c1-16-10(13)5-3-7-2-4-8(11)9(6-7)12(14)15/h2,4,6H,1H3. The van der Waals surface area contributed by atoms with Crippen molar-refractivity contribution < 1.29 is 14.5 Å². The zero-order chi connectivity index (χ0) is 12.1.